The van der Waals surface area contributed by atoms with Crippen LogP contribution in [0.2, 0.25) is 5.02 Å². The summed E-state index contributed by atoms with van der Waals surface area (Å²) in [5, 5.41) is 8.24. The summed E-state index contributed by atoms with van der Waals surface area (Å²) in [5.41, 5.74) is 1.03. The number of esters is 1. The number of fused-ring (bicyclic) bond motifs is 1. The molecular weight excluding hydrogens is 372 g/mol. The van der Waals surface area contributed by atoms with Crippen molar-refractivity contribution in [3.8, 4) is 23.0 Å². The van der Waals surface area contributed by atoms with Crippen molar-refractivity contribution in [2.24, 2.45) is 0 Å². The highest BCUT2D eigenvalue weighted by Crippen LogP contribution is 2.38. The maximum atomic E-state index is 12.5. The maximum Gasteiger partial charge on any atom is 0.339 e. The van der Waals surface area contributed by atoms with Gasteiger partial charge in [-0.3, -0.25) is 0 Å². The SMILES string of the molecule is C[C@@H](OC(=O)c1cc(Cl)c2c(c1)OCCO2)c1nnc(-c2ccccc2)o1. The summed E-state index contributed by atoms with van der Waals surface area (Å²) < 4.78 is 22.0. The number of aromatic nitrogens is 2. The Hall–Kier alpha value is -3.06. The molecule has 3 aromatic rings. The van der Waals surface area contributed by atoms with Crippen LogP contribution in [-0.4, -0.2) is 29.4 Å². The van der Waals surface area contributed by atoms with E-state index >= 15 is 0 Å². The number of carbonyl (C=O) groups is 1. The minimum atomic E-state index is -0.727. The second-order valence-corrected chi connectivity index (χ2v) is 6.25. The average Bonchev–Trinajstić information content (AvgIpc) is 3.19. The lowest BCUT2D eigenvalue weighted by atomic mass is 10.2. The molecule has 0 N–H and O–H groups in total. The Balaban J connectivity index is 1.50. The molecule has 1 aromatic heterocycles. The van der Waals surface area contributed by atoms with Gasteiger partial charge in [-0.15, -0.1) is 10.2 Å². The third-order valence-corrected chi connectivity index (χ3v) is 4.21. The second-order valence-electron chi connectivity index (χ2n) is 5.84. The molecule has 1 aliphatic rings. The Morgan fingerprint density at radius 1 is 1.15 bits per heavy atom. The molecule has 2 aromatic carbocycles. The molecule has 27 heavy (non-hydrogen) atoms. The Morgan fingerprint density at radius 2 is 1.93 bits per heavy atom. The largest absolute Gasteiger partial charge is 0.486 e. The van der Waals surface area contributed by atoms with Crippen molar-refractivity contribution >= 4 is 17.6 Å². The van der Waals surface area contributed by atoms with E-state index in [4.69, 9.17) is 30.2 Å². The number of benzene rings is 2. The Labute approximate surface area is 159 Å². The molecule has 0 saturated carbocycles. The van der Waals surface area contributed by atoms with Crippen LogP contribution in [0.4, 0.5) is 0 Å². The van der Waals surface area contributed by atoms with Gasteiger partial charge in [-0.25, -0.2) is 4.79 Å². The van der Waals surface area contributed by atoms with Crippen molar-refractivity contribution in [1.29, 1.82) is 0 Å². The van der Waals surface area contributed by atoms with E-state index in [1.807, 2.05) is 30.3 Å². The number of hydrogen-bond acceptors (Lipinski definition) is 7. The van der Waals surface area contributed by atoms with Crippen molar-refractivity contribution in [2.75, 3.05) is 13.2 Å². The minimum absolute atomic E-state index is 0.200. The van der Waals surface area contributed by atoms with Crippen molar-refractivity contribution in [3.05, 3.63) is 58.9 Å². The third-order valence-electron chi connectivity index (χ3n) is 3.93. The lowest BCUT2D eigenvalue weighted by Crippen LogP contribution is -2.17. The molecule has 1 atom stereocenters. The van der Waals surface area contributed by atoms with E-state index in [1.54, 1.807) is 13.0 Å². The fraction of sp³-hybridized carbons (Fsp3) is 0.211. The number of nitrogens with zero attached hydrogens (tertiary/aromatic N) is 2. The Morgan fingerprint density at radius 3 is 2.74 bits per heavy atom. The molecule has 7 nitrogen and oxygen atoms in total. The summed E-state index contributed by atoms with van der Waals surface area (Å²) in [4.78, 5) is 12.5. The molecule has 0 aliphatic carbocycles. The predicted molar refractivity (Wildman–Crippen MR) is 96.0 cm³/mol. The highest BCUT2D eigenvalue weighted by molar-refractivity contribution is 6.32. The van der Waals surface area contributed by atoms with Gasteiger partial charge in [0.15, 0.2) is 17.6 Å². The first-order chi connectivity index (χ1) is 13.1. The van der Waals surface area contributed by atoms with Crippen LogP contribution in [0.15, 0.2) is 46.9 Å². The van der Waals surface area contributed by atoms with Crippen molar-refractivity contribution < 1.29 is 23.4 Å². The molecule has 8 heteroatoms. The fourth-order valence-electron chi connectivity index (χ4n) is 2.60. The van der Waals surface area contributed by atoms with E-state index in [0.717, 1.165) is 5.56 Å². The van der Waals surface area contributed by atoms with Crippen LogP contribution in [-0.2, 0) is 4.74 Å². The summed E-state index contributed by atoms with van der Waals surface area (Å²) in [5.74, 6) is 0.817. The monoisotopic (exact) mass is 386 g/mol. The lowest BCUT2D eigenvalue weighted by molar-refractivity contribution is 0.0279. The van der Waals surface area contributed by atoms with E-state index in [1.165, 1.54) is 6.07 Å². The molecule has 0 amide bonds. The number of rotatable bonds is 4. The highest BCUT2D eigenvalue weighted by Gasteiger charge is 2.23. The Kier molecular flexibility index (Phi) is 4.68. The third kappa shape index (κ3) is 3.59. The molecular formula is C19H15ClN2O5. The molecule has 4 rings (SSSR count). The molecule has 0 unspecified atom stereocenters. The second kappa shape index (κ2) is 7.28. The zero-order valence-corrected chi connectivity index (χ0v) is 15.1. The van der Waals surface area contributed by atoms with Crippen molar-refractivity contribution in [1.82, 2.24) is 10.2 Å². The van der Waals surface area contributed by atoms with Crippen LogP contribution >= 0.6 is 11.6 Å². The summed E-state index contributed by atoms with van der Waals surface area (Å²) in [6.07, 6.45) is -0.727. The zero-order chi connectivity index (χ0) is 18.8. The maximum absolute atomic E-state index is 12.5. The van der Waals surface area contributed by atoms with E-state index in [2.05, 4.69) is 10.2 Å². The van der Waals surface area contributed by atoms with E-state index in [-0.39, 0.29) is 16.5 Å². The van der Waals surface area contributed by atoms with Gasteiger partial charge in [0.2, 0.25) is 5.89 Å². The molecule has 0 saturated heterocycles. The molecule has 0 bridgehead atoms. The van der Waals surface area contributed by atoms with Crippen LogP contribution in [0.5, 0.6) is 11.5 Å². The van der Waals surface area contributed by atoms with Crippen LogP contribution in [0.3, 0.4) is 0 Å². The Bertz CT molecular complexity index is 973. The molecule has 138 valence electrons. The smallest absolute Gasteiger partial charge is 0.339 e. The number of halogens is 1. The van der Waals surface area contributed by atoms with E-state index in [0.29, 0.717) is 30.6 Å². The van der Waals surface area contributed by atoms with Gasteiger partial charge in [0.25, 0.3) is 5.89 Å². The first-order valence-corrected chi connectivity index (χ1v) is 8.68. The van der Waals surface area contributed by atoms with Crippen molar-refractivity contribution in [3.63, 3.8) is 0 Å². The van der Waals surface area contributed by atoms with E-state index in [9.17, 15) is 4.79 Å². The number of carbonyl (C=O) groups excluding carboxylic acids is 1. The van der Waals surface area contributed by atoms with Gasteiger partial charge in [0.1, 0.15) is 13.2 Å². The summed E-state index contributed by atoms with van der Waals surface area (Å²) in [6.45, 7) is 2.46. The summed E-state index contributed by atoms with van der Waals surface area (Å²) in [6, 6.07) is 12.4. The number of ether oxygens (including phenoxy) is 3. The quantitative estimate of drug-likeness (QED) is 0.624. The molecule has 0 spiro atoms. The molecule has 1 aliphatic heterocycles. The van der Waals surface area contributed by atoms with Crippen LogP contribution < -0.4 is 9.47 Å². The van der Waals surface area contributed by atoms with Gasteiger partial charge in [-0.05, 0) is 31.2 Å². The zero-order valence-electron chi connectivity index (χ0n) is 14.3. The predicted octanol–water partition coefficient (Wildman–Crippen LogP) is 4.08. The minimum Gasteiger partial charge on any atom is -0.486 e. The van der Waals surface area contributed by atoms with Gasteiger partial charge in [-0.1, -0.05) is 29.8 Å². The topological polar surface area (TPSA) is 83.7 Å². The lowest BCUT2D eigenvalue weighted by Gasteiger charge is -2.20. The first kappa shape index (κ1) is 17.4. The van der Waals surface area contributed by atoms with Gasteiger partial charge in [-0.2, -0.15) is 0 Å². The standard InChI is InChI=1S/C19H15ClN2O5/c1-11(17-21-22-18(27-17)12-5-3-2-4-6-12)26-19(23)13-9-14(20)16-15(10-13)24-7-8-25-16/h2-6,9-11H,7-8H2,1H3/t11-/m1/s1. The molecule has 2 heterocycles. The highest BCUT2D eigenvalue weighted by atomic mass is 35.5. The van der Waals surface area contributed by atoms with Gasteiger partial charge >= 0.3 is 5.97 Å². The van der Waals surface area contributed by atoms with Crippen molar-refractivity contribution in [2.45, 2.75) is 13.0 Å². The van der Waals surface area contributed by atoms with Gasteiger partial charge in [0, 0.05) is 5.56 Å². The van der Waals surface area contributed by atoms with Crippen LogP contribution in [0.1, 0.15) is 29.3 Å². The van der Waals surface area contributed by atoms with E-state index < -0.39 is 12.1 Å². The molecule has 0 radical (unpaired) electrons. The van der Waals surface area contributed by atoms with Gasteiger partial charge in [0.05, 0.1) is 10.6 Å². The summed E-state index contributed by atoms with van der Waals surface area (Å²) >= 11 is 6.16. The average molecular weight is 387 g/mol. The number of hydrogen-bond donors (Lipinski definition) is 0. The van der Waals surface area contributed by atoms with Crippen LogP contribution in [0, 0.1) is 0 Å². The first-order valence-electron chi connectivity index (χ1n) is 8.31. The fourth-order valence-corrected chi connectivity index (χ4v) is 2.87. The van der Waals surface area contributed by atoms with Gasteiger partial charge < -0.3 is 18.6 Å². The normalized spacial score (nSPS) is 13.9. The summed E-state index contributed by atoms with van der Waals surface area (Å²) in [7, 11) is 0. The molecule has 0 fully saturated rings. The van der Waals surface area contributed by atoms with Crippen LogP contribution in [0.25, 0.3) is 11.5 Å².